The van der Waals surface area contributed by atoms with Crippen molar-refractivity contribution in [3.8, 4) is 0 Å². The van der Waals surface area contributed by atoms with E-state index in [1.54, 1.807) is 0 Å². The van der Waals surface area contributed by atoms with Crippen molar-refractivity contribution in [1.29, 1.82) is 0 Å². The number of ether oxygens (including phenoxy) is 1. The maximum absolute atomic E-state index is 12.4. The van der Waals surface area contributed by atoms with Gasteiger partial charge in [0.25, 0.3) is 0 Å². The molecule has 1 N–H and O–H groups in total. The van der Waals surface area contributed by atoms with E-state index in [9.17, 15) is 14.7 Å². The first-order valence-electron chi connectivity index (χ1n) is 8.52. The lowest BCUT2D eigenvalue weighted by Crippen LogP contribution is -2.58. The number of aliphatic carboxylic acids is 1. The molecule has 0 spiro atoms. The van der Waals surface area contributed by atoms with E-state index in [-0.39, 0.29) is 5.41 Å². The van der Waals surface area contributed by atoms with Crippen LogP contribution in [0.2, 0.25) is 0 Å². The van der Waals surface area contributed by atoms with Gasteiger partial charge in [-0.1, -0.05) is 0 Å². The van der Waals surface area contributed by atoms with Gasteiger partial charge in [-0.3, -0.25) is 9.59 Å². The summed E-state index contributed by atoms with van der Waals surface area (Å²) in [6.07, 6.45) is 7.41. The van der Waals surface area contributed by atoms with E-state index in [0.717, 1.165) is 37.0 Å². The molecule has 4 bridgehead atoms. The van der Waals surface area contributed by atoms with Gasteiger partial charge in [0.05, 0.1) is 0 Å². The van der Waals surface area contributed by atoms with Crippen LogP contribution in [0.4, 0.5) is 0 Å². The average molecular weight is 308 g/mol. The van der Waals surface area contributed by atoms with E-state index in [2.05, 4.69) is 0 Å². The van der Waals surface area contributed by atoms with Crippen LogP contribution in [0.5, 0.6) is 0 Å². The molecule has 0 aliphatic heterocycles. The molecule has 4 aliphatic rings. The summed E-state index contributed by atoms with van der Waals surface area (Å²) in [6.45, 7) is 6.84. The van der Waals surface area contributed by atoms with E-state index < -0.39 is 23.0 Å². The molecule has 0 radical (unpaired) electrons. The molecule has 0 atom stereocenters. The van der Waals surface area contributed by atoms with Crippen LogP contribution in [-0.4, -0.2) is 22.6 Å². The van der Waals surface area contributed by atoms with E-state index >= 15 is 0 Å². The Morgan fingerprint density at radius 1 is 0.955 bits per heavy atom. The lowest BCUT2D eigenvalue weighted by Gasteiger charge is -2.61. The highest BCUT2D eigenvalue weighted by molar-refractivity contribution is 5.98. The minimum absolute atomic E-state index is 0.0476. The SMILES string of the molecule is CC(C)(C(=O)O)C(=O)OC(C)(C)C12CC3CC(CC(C3)C1)C2. The first kappa shape index (κ1) is 15.8. The fourth-order valence-electron chi connectivity index (χ4n) is 5.40. The Hall–Kier alpha value is -1.06. The summed E-state index contributed by atoms with van der Waals surface area (Å²) in [5.74, 6) is 0.588. The number of esters is 1. The Morgan fingerprint density at radius 2 is 1.36 bits per heavy atom. The van der Waals surface area contributed by atoms with Crippen molar-refractivity contribution < 1.29 is 19.4 Å². The van der Waals surface area contributed by atoms with Crippen LogP contribution in [0.25, 0.3) is 0 Å². The van der Waals surface area contributed by atoms with Gasteiger partial charge in [0, 0.05) is 5.41 Å². The van der Waals surface area contributed by atoms with Crippen LogP contribution < -0.4 is 0 Å². The molecule has 124 valence electrons. The van der Waals surface area contributed by atoms with Crippen molar-refractivity contribution in [2.24, 2.45) is 28.6 Å². The number of carbonyl (C=O) groups is 2. The highest BCUT2D eigenvalue weighted by Gasteiger charge is 2.59. The summed E-state index contributed by atoms with van der Waals surface area (Å²) in [6, 6.07) is 0. The summed E-state index contributed by atoms with van der Waals surface area (Å²) in [4.78, 5) is 23.7. The zero-order valence-electron chi connectivity index (χ0n) is 14.1. The highest BCUT2D eigenvalue weighted by atomic mass is 16.6. The Balaban J connectivity index is 1.81. The summed E-state index contributed by atoms with van der Waals surface area (Å²) < 4.78 is 5.83. The quantitative estimate of drug-likeness (QED) is 0.636. The van der Waals surface area contributed by atoms with Gasteiger partial charge in [-0.25, -0.2) is 0 Å². The van der Waals surface area contributed by atoms with Crippen molar-refractivity contribution in [3.63, 3.8) is 0 Å². The van der Waals surface area contributed by atoms with E-state index in [4.69, 9.17) is 4.74 Å². The number of hydrogen-bond acceptors (Lipinski definition) is 3. The van der Waals surface area contributed by atoms with Gasteiger partial charge in [0.1, 0.15) is 5.60 Å². The number of hydrogen-bond donors (Lipinski definition) is 1. The second-order valence-corrected chi connectivity index (χ2v) is 9.03. The molecule has 0 aromatic rings. The molecule has 0 heterocycles. The van der Waals surface area contributed by atoms with Crippen LogP contribution in [0.3, 0.4) is 0 Å². The number of carboxylic acids is 1. The van der Waals surface area contributed by atoms with Crippen LogP contribution in [-0.2, 0) is 14.3 Å². The third-order valence-corrected chi connectivity index (χ3v) is 6.71. The number of carbonyl (C=O) groups excluding carboxylic acids is 1. The maximum atomic E-state index is 12.4. The van der Waals surface area contributed by atoms with Crippen LogP contribution in [0.1, 0.15) is 66.2 Å². The molecule has 0 unspecified atom stereocenters. The smallest absolute Gasteiger partial charge is 0.323 e. The molecule has 4 fully saturated rings. The summed E-state index contributed by atoms with van der Waals surface area (Å²) in [7, 11) is 0. The van der Waals surface area contributed by atoms with Gasteiger partial charge in [0.2, 0.25) is 0 Å². The molecular weight excluding hydrogens is 280 g/mol. The lowest BCUT2D eigenvalue weighted by molar-refractivity contribution is -0.207. The van der Waals surface area contributed by atoms with Crippen LogP contribution in [0.15, 0.2) is 0 Å². The largest absolute Gasteiger partial charge is 0.480 e. The minimum atomic E-state index is -1.49. The summed E-state index contributed by atoms with van der Waals surface area (Å²) >= 11 is 0. The fraction of sp³-hybridized carbons (Fsp3) is 0.889. The molecule has 4 aliphatic carbocycles. The molecule has 4 saturated carbocycles. The Morgan fingerprint density at radius 3 is 1.73 bits per heavy atom. The van der Waals surface area contributed by atoms with Gasteiger partial charge in [-0.2, -0.15) is 0 Å². The van der Waals surface area contributed by atoms with E-state index in [0.29, 0.717) is 0 Å². The second-order valence-electron chi connectivity index (χ2n) is 9.03. The molecule has 4 nitrogen and oxygen atoms in total. The minimum Gasteiger partial charge on any atom is -0.480 e. The normalized spacial score (nSPS) is 37.2. The average Bonchev–Trinajstić information content (AvgIpc) is 2.35. The van der Waals surface area contributed by atoms with Gasteiger partial charge in [-0.15, -0.1) is 0 Å². The predicted octanol–water partition coefficient (Wildman–Crippen LogP) is 3.64. The molecular formula is C18H28O4. The van der Waals surface area contributed by atoms with Gasteiger partial charge < -0.3 is 9.84 Å². The van der Waals surface area contributed by atoms with Crippen LogP contribution >= 0.6 is 0 Å². The standard InChI is InChI=1S/C18H28O4/c1-16(2,14(19)20)15(21)22-17(3,4)18-8-11-5-12(9-18)7-13(6-11)10-18/h11-13H,5-10H2,1-4H3,(H,19,20). The Bertz CT molecular complexity index is 468. The summed E-state index contributed by atoms with van der Waals surface area (Å²) in [5.41, 5.74) is -2.03. The zero-order valence-corrected chi connectivity index (χ0v) is 14.1. The highest BCUT2D eigenvalue weighted by Crippen LogP contribution is 2.64. The molecule has 0 amide bonds. The first-order valence-corrected chi connectivity index (χ1v) is 8.52. The molecule has 22 heavy (non-hydrogen) atoms. The zero-order chi connectivity index (χ0) is 16.3. The second kappa shape index (κ2) is 4.72. The lowest BCUT2D eigenvalue weighted by atomic mass is 9.46. The Kier molecular flexibility index (Phi) is 3.39. The molecule has 0 saturated heterocycles. The van der Waals surface area contributed by atoms with Crippen molar-refractivity contribution >= 4 is 11.9 Å². The monoisotopic (exact) mass is 308 g/mol. The molecule has 4 rings (SSSR count). The molecule has 0 aromatic heterocycles. The molecule has 4 heteroatoms. The van der Waals surface area contributed by atoms with Crippen LogP contribution in [0, 0.1) is 28.6 Å². The van der Waals surface area contributed by atoms with Crippen molar-refractivity contribution in [2.75, 3.05) is 0 Å². The molecule has 0 aromatic carbocycles. The van der Waals surface area contributed by atoms with Gasteiger partial charge >= 0.3 is 11.9 Å². The predicted molar refractivity (Wildman–Crippen MR) is 82.2 cm³/mol. The van der Waals surface area contributed by atoms with Crippen molar-refractivity contribution in [1.82, 2.24) is 0 Å². The first-order chi connectivity index (χ1) is 10.1. The van der Waals surface area contributed by atoms with Crippen molar-refractivity contribution in [2.45, 2.75) is 71.8 Å². The van der Waals surface area contributed by atoms with Crippen molar-refractivity contribution in [3.05, 3.63) is 0 Å². The van der Waals surface area contributed by atoms with E-state index in [1.165, 1.54) is 33.1 Å². The number of rotatable bonds is 4. The van der Waals surface area contributed by atoms with Gasteiger partial charge in [-0.05, 0) is 84.0 Å². The fourth-order valence-corrected chi connectivity index (χ4v) is 5.40. The third kappa shape index (κ3) is 2.26. The topological polar surface area (TPSA) is 63.6 Å². The third-order valence-electron chi connectivity index (χ3n) is 6.71. The Labute approximate surface area is 132 Å². The van der Waals surface area contributed by atoms with Gasteiger partial charge in [0.15, 0.2) is 5.41 Å². The maximum Gasteiger partial charge on any atom is 0.323 e. The van der Waals surface area contributed by atoms with E-state index in [1.807, 2.05) is 13.8 Å². The summed E-state index contributed by atoms with van der Waals surface area (Å²) in [5, 5.41) is 9.24. The number of carboxylic acid groups (broad SMARTS) is 1.